The van der Waals surface area contributed by atoms with Gasteiger partial charge in [0, 0.05) is 29.8 Å². The first-order chi connectivity index (χ1) is 19.3. The zero-order valence-electron chi connectivity index (χ0n) is 21.8. The molecule has 0 bridgehead atoms. The van der Waals surface area contributed by atoms with Crippen molar-refractivity contribution in [3.63, 3.8) is 0 Å². The number of rotatable bonds is 9. The van der Waals surface area contributed by atoms with Crippen LogP contribution in [-0.2, 0) is 12.6 Å². The smallest absolute Gasteiger partial charge is 0.433 e. The van der Waals surface area contributed by atoms with E-state index in [0.29, 0.717) is 24.1 Å². The Morgan fingerprint density at radius 2 is 1.88 bits per heavy atom. The Kier molecular flexibility index (Phi) is 6.14. The van der Waals surface area contributed by atoms with Gasteiger partial charge >= 0.3 is 6.18 Å². The van der Waals surface area contributed by atoms with Crippen molar-refractivity contribution in [3.05, 3.63) is 93.9 Å². The first-order valence-corrected chi connectivity index (χ1v) is 14.4. The number of anilines is 1. The summed E-state index contributed by atoms with van der Waals surface area (Å²) in [6.45, 7) is 2.13. The molecule has 3 aliphatic carbocycles. The summed E-state index contributed by atoms with van der Waals surface area (Å²) in [7, 11) is 0. The van der Waals surface area contributed by atoms with Gasteiger partial charge in [-0.25, -0.2) is 9.97 Å². The van der Waals surface area contributed by atoms with Crippen LogP contribution in [-0.4, -0.2) is 21.5 Å². The zero-order valence-corrected chi connectivity index (χ0v) is 22.6. The quantitative estimate of drug-likeness (QED) is 0.209. The van der Waals surface area contributed by atoms with E-state index in [1.54, 1.807) is 17.7 Å². The lowest BCUT2D eigenvalue weighted by atomic mass is 10.0. The molecule has 3 aromatic heterocycles. The molecule has 0 spiro atoms. The topological polar surface area (TPSA) is 59.9 Å². The number of alkyl halides is 3. The minimum atomic E-state index is -4.54. The van der Waals surface area contributed by atoms with Crippen molar-refractivity contribution in [2.24, 2.45) is 5.92 Å². The van der Waals surface area contributed by atoms with Crippen LogP contribution in [0.1, 0.15) is 59.0 Å². The lowest BCUT2D eigenvalue weighted by Gasteiger charge is -2.18. The number of hydrogen-bond acceptors (Lipinski definition) is 6. The van der Waals surface area contributed by atoms with Crippen molar-refractivity contribution in [2.45, 2.75) is 50.6 Å². The number of hydrogen-bond donors (Lipinski definition) is 1. The average Bonchev–Trinajstić information content (AvgIpc) is 3.83. The fraction of sp³-hybridized carbons (Fsp3) is 0.323. The van der Waals surface area contributed by atoms with Gasteiger partial charge in [-0.3, -0.25) is 4.98 Å². The third-order valence-corrected chi connectivity index (χ3v) is 8.68. The van der Waals surface area contributed by atoms with Gasteiger partial charge in [0.25, 0.3) is 0 Å². The monoisotopic (exact) mass is 560 g/mol. The molecule has 2 saturated carbocycles. The molecule has 3 heterocycles. The van der Waals surface area contributed by atoms with Gasteiger partial charge in [-0.1, -0.05) is 35.9 Å². The highest BCUT2D eigenvalue weighted by Gasteiger charge is 2.43. The van der Waals surface area contributed by atoms with Crippen LogP contribution in [0, 0.1) is 12.8 Å². The van der Waals surface area contributed by atoms with Crippen LogP contribution < -0.4 is 10.1 Å². The molecule has 5 nitrogen and oxygen atoms in total. The molecular weight excluding hydrogens is 533 g/mol. The summed E-state index contributed by atoms with van der Waals surface area (Å²) in [5.41, 5.74) is 3.67. The van der Waals surface area contributed by atoms with E-state index in [1.165, 1.54) is 24.3 Å². The largest absolute Gasteiger partial charge is 0.457 e. The van der Waals surface area contributed by atoms with Gasteiger partial charge in [0.05, 0.1) is 5.39 Å². The number of ether oxygens (including phenoxy) is 1. The maximum absolute atomic E-state index is 13.7. The van der Waals surface area contributed by atoms with E-state index < -0.39 is 11.9 Å². The number of nitrogens with zero attached hydrogens (tertiary/aromatic N) is 3. The van der Waals surface area contributed by atoms with Gasteiger partial charge in [-0.2, -0.15) is 13.2 Å². The second-order valence-corrected chi connectivity index (χ2v) is 11.6. The molecule has 204 valence electrons. The molecule has 40 heavy (non-hydrogen) atoms. The Morgan fingerprint density at radius 3 is 2.60 bits per heavy atom. The number of benzene rings is 1. The molecule has 7 rings (SSSR count). The average molecular weight is 561 g/mol. The molecule has 3 aliphatic rings. The van der Waals surface area contributed by atoms with E-state index in [-0.39, 0.29) is 17.2 Å². The predicted molar refractivity (Wildman–Crippen MR) is 150 cm³/mol. The van der Waals surface area contributed by atoms with Crippen LogP contribution in [0.4, 0.5) is 19.0 Å². The van der Waals surface area contributed by atoms with Gasteiger partial charge < -0.3 is 10.1 Å². The van der Waals surface area contributed by atoms with Gasteiger partial charge in [0.15, 0.2) is 5.69 Å². The normalized spacial score (nSPS) is 19.6. The number of allylic oxidation sites excluding steroid dienone is 4. The van der Waals surface area contributed by atoms with Gasteiger partial charge in [-0.15, -0.1) is 11.3 Å². The van der Waals surface area contributed by atoms with Crippen molar-refractivity contribution in [1.82, 2.24) is 15.0 Å². The summed E-state index contributed by atoms with van der Waals surface area (Å²) in [6, 6.07) is 7.55. The van der Waals surface area contributed by atoms with Crippen molar-refractivity contribution < 1.29 is 17.9 Å². The highest BCUT2D eigenvalue weighted by Crippen LogP contribution is 2.54. The Labute approximate surface area is 233 Å². The van der Waals surface area contributed by atoms with E-state index >= 15 is 0 Å². The Morgan fingerprint density at radius 1 is 1.07 bits per heavy atom. The van der Waals surface area contributed by atoms with Crippen LogP contribution in [0.3, 0.4) is 0 Å². The first kappa shape index (κ1) is 25.3. The van der Waals surface area contributed by atoms with Crippen LogP contribution in [0.5, 0.6) is 11.5 Å². The summed E-state index contributed by atoms with van der Waals surface area (Å²) < 4.78 is 47.1. The molecule has 0 aliphatic heterocycles. The Balaban J connectivity index is 1.06. The maximum atomic E-state index is 13.7. The third kappa shape index (κ3) is 5.10. The zero-order chi connectivity index (χ0) is 27.4. The number of thiophene rings is 1. The van der Waals surface area contributed by atoms with Crippen molar-refractivity contribution >= 4 is 27.4 Å². The summed E-state index contributed by atoms with van der Waals surface area (Å²) in [4.78, 5) is 13.7. The number of pyridine rings is 1. The molecule has 2 atom stereocenters. The van der Waals surface area contributed by atoms with Crippen LogP contribution in [0.25, 0.3) is 10.2 Å². The molecule has 9 heteroatoms. The number of nitrogens with one attached hydrogen (secondary N) is 1. The molecule has 0 amide bonds. The second-order valence-electron chi connectivity index (χ2n) is 10.8. The summed E-state index contributed by atoms with van der Waals surface area (Å²) in [6.07, 6.45) is 8.96. The molecular formula is C31H27F3N4OS. The van der Waals surface area contributed by atoms with Crippen molar-refractivity contribution in [1.29, 1.82) is 0 Å². The predicted octanol–water partition coefficient (Wildman–Crippen LogP) is 8.34. The summed E-state index contributed by atoms with van der Waals surface area (Å²) >= 11 is 1.63. The highest BCUT2D eigenvalue weighted by molar-refractivity contribution is 7.17. The first-order valence-electron chi connectivity index (χ1n) is 13.5. The molecule has 4 aromatic rings. The molecule has 0 saturated heterocycles. The van der Waals surface area contributed by atoms with Gasteiger partial charge in [0.2, 0.25) is 0 Å². The van der Waals surface area contributed by atoms with Crippen LogP contribution >= 0.6 is 11.3 Å². The Hall–Kier alpha value is -3.72. The van der Waals surface area contributed by atoms with Gasteiger partial charge in [-0.05, 0) is 73.1 Å². The van der Waals surface area contributed by atoms with Crippen LogP contribution in [0.2, 0.25) is 0 Å². The lowest BCUT2D eigenvalue weighted by Crippen LogP contribution is -2.12. The second kappa shape index (κ2) is 9.73. The van der Waals surface area contributed by atoms with E-state index in [0.717, 1.165) is 52.8 Å². The van der Waals surface area contributed by atoms with E-state index in [2.05, 4.69) is 43.9 Å². The molecule has 2 unspecified atom stereocenters. The summed E-state index contributed by atoms with van der Waals surface area (Å²) in [5, 5.41) is 6.69. The SMILES string of the molecule is Cc1c(C(F)(F)F)ncc(C2CC2C=C2CC2)c1Oc1ccc(CCNc2ncnc3scc(C4C=C4)c23)cc1. The minimum absolute atomic E-state index is 0.0355. The van der Waals surface area contributed by atoms with E-state index in [4.69, 9.17) is 4.74 Å². The fourth-order valence-electron chi connectivity index (χ4n) is 5.30. The molecule has 0 radical (unpaired) electrons. The van der Waals surface area contributed by atoms with Crippen molar-refractivity contribution in [2.75, 3.05) is 11.9 Å². The highest BCUT2D eigenvalue weighted by atomic mass is 32.1. The van der Waals surface area contributed by atoms with E-state index in [9.17, 15) is 13.2 Å². The molecule has 2 fully saturated rings. The van der Waals surface area contributed by atoms with Crippen molar-refractivity contribution in [3.8, 4) is 11.5 Å². The number of fused-ring (bicyclic) bond motifs is 1. The van der Waals surface area contributed by atoms with Crippen LogP contribution in [0.15, 0.2) is 66.0 Å². The maximum Gasteiger partial charge on any atom is 0.433 e. The third-order valence-electron chi connectivity index (χ3n) is 7.78. The molecule has 1 aromatic carbocycles. The lowest BCUT2D eigenvalue weighted by molar-refractivity contribution is -0.141. The number of aromatic nitrogens is 3. The van der Waals surface area contributed by atoms with E-state index in [1.807, 2.05) is 24.3 Å². The minimum Gasteiger partial charge on any atom is -0.457 e. The fourth-order valence-corrected chi connectivity index (χ4v) is 6.26. The standard InChI is InChI=1S/C31H27F3N4OS/c1-17-27(24(14-36-28(17)31(32,33)34)23-13-21(23)12-19-2-3-19)39-22-8-4-18(5-9-22)10-11-35-29-26-25(20-6-7-20)15-40-30(26)38-16-37-29/h4-9,12,14-16,20-21,23H,2-3,10-11,13H2,1H3,(H,35,37,38). The summed E-state index contributed by atoms with van der Waals surface area (Å²) in [5.74, 6) is 2.51. The number of halogens is 3. The van der Waals surface area contributed by atoms with Gasteiger partial charge in [0.1, 0.15) is 28.5 Å². The Bertz CT molecular complexity index is 1650. The molecule has 1 N–H and O–H groups in total.